The van der Waals surface area contributed by atoms with E-state index in [1.165, 1.54) is 12.8 Å². The monoisotopic (exact) mass is 394 g/mol. The molecule has 2 aromatic carbocycles. The van der Waals surface area contributed by atoms with Crippen molar-refractivity contribution in [2.24, 2.45) is 5.92 Å². The predicted molar refractivity (Wildman–Crippen MR) is 116 cm³/mol. The second-order valence-electron chi connectivity index (χ2n) is 7.97. The van der Waals surface area contributed by atoms with E-state index in [-0.39, 0.29) is 11.8 Å². The molecule has 5 nitrogen and oxygen atoms in total. The van der Waals surface area contributed by atoms with Gasteiger partial charge < -0.3 is 15.0 Å². The third kappa shape index (κ3) is 6.08. The van der Waals surface area contributed by atoms with Crippen molar-refractivity contribution < 1.29 is 14.3 Å². The van der Waals surface area contributed by atoms with Gasteiger partial charge in [-0.1, -0.05) is 32.8 Å². The Balaban J connectivity index is 1.61. The van der Waals surface area contributed by atoms with Crippen LogP contribution in [0.25, 0.3) is 0 Å². The van der Waals surface area contributed by atoms with Crippen LogP contribution in [-0.2, 0) is 0 Å². The van der Waals surface area contributed by atoms with E-state index in [4.69, 9.17) is 4.74 Å². The molecule has 1 fully saturated rings. The minimum Gasteiger partial charge on any atom is -0.493 e. The van der Waals surface area contributed by atoms with Crippen molar-refractivity contribution in [1.29, 1.82) is 0 Å². The summed E-state index contributed by atoms with van der Waals surface area (Å²) in [7, 11) is 0. The molecular formula is C24H30N2O3. The zero-order chi connectivity index (χ0) is 20.6. The number of likely N-dealkylation sites (tertiary alicyclic amines) is 1. The largest absolute Gasteiger partial charge is 0.493 e. The van der Waals surface area contributed by atoms with Gasteiger partial charge in [-0.25, -0.2) is 0 Å². The van der Waals surface area contributed by atoms with Crippen LogP contribution in [0.15, 0.2) is 48.5 Å². The molecule has 0 bridgehead atoms. The molecule has 0 unspecified atom stereocenters. The first-order valence-corrected chi connectivity index (χ1v) is 10.5. The summed E-state index contributed by atoms with van der Waals surface area (Å²) in [5.41, 5.74) is 1.86. The molecule has 5 heteroatoms. The minimum atomic E-state index is -0.202. The predicted octanol–water partition coefficient (Wildman–Crippen LogP) is 4.99. The Hall–Kier alpha value is -2.82. The van der Waals surface area contributed by atoms with E-state index < -0.39 is 0 Å². The number of ether oxygens (including phenoxy) is 1. The highest BCUT2D eigenvalue weighted by Crippen LogP contribution is 2.18. The summed E-state index contributed by atoms with van der Waals surface area (Å²) >= 11 is 0. The number of amides is 2. The van der Waals surface area contributed by atoms with E-state index in [9.17, 15) is 9.59 Å². The molecule has 0 aromatic heterocycles. The Kier molecular flexibility index (Phi) is 7.28. The fourth-order valence-electron chi connectivity index (χ4n) is 3.35. The third-order valence-electron chi connectivity index (χ3n) is 4.96. The first kappa shape index (κ1) is 20.9. The van der Waals surface area contributed by atoms with Gasteiger partial charge in [-0.2, -0.15) is 0 Å². The number of nitrogens with one attached hydrogen (secondary N) is 1. The lowest BCUT2D eigenvalue weighted by molar-refractivity contribution is 0.0761. The van der Waals surface area contributed by atoms with E-state index in [0.717, 1.165) is 25.9 Å². The van der Waals surface area contributed by atoms with Gasteiger partial charge >= 0.3 is 0 Å². The lowest BCUT2D eigenvalue weighted by atomic mass is 10.1. The van der Waals surface area contributed by atoms with E-state index in [1.54, 1.807) is 36.4 Å². The molecule has 1 saturated heterocycles. The third-order valence-corrected chi connectivity index (χ3v) is 4.96. The first-order valence-electron chi connectivity index (χ1n) is 10.5. The van der Waals surface area contributed by atoms with Crippen LogP contribution >= 0.6 is 0 Å². The molecule has 1 aliphatic rings. The van der Waals surface area contributed by atoms with Crippen molar-refractivity contribution in [3.8, 4) is 5.75 Å². The summed E-state index contributed by atoms with van der Waals surface area (Å²) in [6.07, 6.45) is 4.52. The summed E-state index contributed by atoms with van der Waals surface area (Å²) in [4.78, 5) is 27.2. The Morgan fingerprint density at radius 2 is 1.66 bits per heavy atom. The van der Waals surface area contributed by atoms with Gasteiger partial charge in [-0.05, 0) is 61.2 Å². The van der Waals surface area contributed by atoms with Crippen molar-refractivity contribution in [3.05, 3.63) is 59.7 Å². The average molecular weight is 395 g/mol. The summed E-state index contributed by atoms with van der Waals surface area (Å²) in [5, 5.41) is 2.89. The first-order chi connectivity index (χ1) is 14.0. The molecular weight excluding hydrogens is 364 g/mol. The molecule has 154 valence electrons. The number of benzene rings is 2. The maximum Gasteiger partial charge on any atom is 0.255 e. The minimum absolute atomic E-state index is 0.0692. The van der Waals surface area contributed by atoms with Gasteiger partial charge in [0.25, 0.3) is 11.8 Å². The molecule has 0 atom stereocenters. The standard InChI is InChI=1S/C24H30N2O3/c1-18(2)17-29-22-9-7-8-20(16-22)23(27)25-21-12-10-19(11-13-21)24(28)26-14-5-3-4-6-15-26/h7-13,16,18H,3-6,14-15,17H2,1-2H3,(H,25,27). The number of rotatable bonds is 6. The van der Waals surface area contributed by atoms with Crippen LogP contribution in [0.4, 0.5) is 5.69 Å². The van der Waals surface area contributed by atoms with Crippen LogP contribution in [0.3, 0.4) is 0 Å². The fourth-order valence-corrected chi connectivity index (χ4v) is 3.35. The molecule has 3 rings (SSSR count). The molecule has 1 aliphatic heterocycles. The van der Waals surface area contributed by atoms with Gasteiger partial charge in [0.05, 0.1) is 6.61 Å². The average Bonchev–Trinajstić information content (AvgIpc) is 3.02. The number of nitrogens with zero attached hydrogens (tertiary/aromatic N) is 1. The summed E-state index contributed by atoms with van der Waals surface area (Å²) in [6.45, 7) is 6.42. The molecule has 1 heterocycles. The molecule has 0 radical (unpaired) electrons. The van der Waals surface area contributed by atoms with Crippen LogP contribution in [0.5, 0.6) is 5.75 Å². The Bertz CT molecular complexity index is 822. The van der Waals surface area contributed by atoms with Crippen molar-refractivity contribution in [1.82, 2.24) is 4.90 Å². The number of carbonyl (C=O) groups is 2. The Labute approximate surface area is 173 Å². The lowest BCUT2D eigenvalue weighted by Crippen LogP contribution is -2.31. The van der Waals surface area contributed by atoms with E-state index in [2.05, 4.69) is 19.2 Å². The lowest BCUT2D eigenvalue weighted by Gasteiger charge is -2.20. The zero-order valence-electron chi connectivity index (χ0n) is 17.3. The van der Waals surface area contributed by atoms with Crippen molar-refractivity contribution in [3.63, 3.8) is 0 Å². The summed E-state index contributed by atoms with van der Waals surface area (Å²) in [6, 6.07) is 14.3. The molecule has 1 N–H and O–H groups in total. The summed E-state index contributed by atoms with van der Waals surface area (Å²) in [5.74, 6) is 0.971. The Morgan fingerprint density at radius 1 is 0.966 bits per heavy atom. The van der Waals surface area contributed by atoms with Gasteiger partial charge in [0.1, 0.15) is 5.75 Å². The number of hydrogen-bond acceptors (Lipinski definition) is 3. The van der Waals surface area contributed by atoms with Crippen LogP contribution in [0, 0.1) is 5.92 Å². The highest BCUT2D eigenvalue weighted by atomic mass is 16.5. The van der Waals surface area contributed by atoms with Gasteiger partial charge in [0, 0.05) is 29.9 Å². The van der Waals surface area contributed by atoms with Gasteiger partial charge in [0.15, 0.2) is 0 Å². The molecule has 2 aromatic rings. The number of anilines is 1. The van der Waals surface area contributed by atoms with Crippen molar-refractivity contribution in [2.45, 2.75) is 39.5 Å². The van der Waals surface area contributed by atoms with Crippen molar-refractivity contribution in [2.75, 3.05) is 25.0 Å². The zero-order valence-corrected chi connectivity index (χ0v) is 17.3. The number of carbonyl (C=O) groups excluding carboxylic acids is 2. The summed E-state index contributed by atoms with van der Waals surface area (Å²) < 4.78 is 5.69. The van der Waals surface area contributed by atoms with Gasteiger partial charge in [-0.3, -0.25) is 9.59 Å². The van der Waals surface area contributed by atoms with E-state index in [1.807, 2.05) is 17.0 Å². The van der Waals surface area contributed by atoms with E-state index in [0.29, 0.717) is 35.1 Å². The molecule has 0 aliphatic carbocycles. The Morgan fingerprint density at radius 3 is 2.31 bits per heavy atom. The van der Waals surface area contributed by atoms with Crippen LogP contribution in [0.1, 0.15) is 60.2 Å². The smallest absolute Gasteiger partial charge is 0.255 e. The second kappa shape index (κ2) is 10.1. The van der Waals surface area contributed by atoms with Gasteiger partial charge in [-0.15, -0.1) is 0 Å². The fraction of sp³-hybridized carbons (Fsp3) is 0.417. The number of hydrogen-bond donors (Lipinski definition) is 1. The SMILES string of the molecule is CC(C)COc1cccc(C(=O)Nc2ccc(C(=O)N3CCCCCC3)cc2)c1. The maximum absolute atomic E-state index is 12.7. The topological polar surface area (TPSA) is 58.6 Å². The van der Waals surface area contributed by atoms with Crippen molar-refractivity contribution >= 4 is 17.5 Å². The molecule has 0 saturated carbocycles. The van der Waals surface area contributed by atoms with Crippen LogP contribution < -0.4 is 10.1 Å². The quantitative estimate of drug-likeness (QED) is 0.751. The second-order valence-corrected chi connectivity index (χ2v) is 7.97. The highest BCUT2D eigenvalue weighted by molar-refractivity contribution is 6.04. The normalized spacial score (nSPS) is 14.4. The highest BCUT2D eigenvalue weighted by Gasteiger charge is 2.17. The van der Waals surface area contributed by atoms with Crippen LogP contribution in [-0.4, -0.2) is 36.4 Å². The van der Waals surface area contributed by atoms with Gasteiger partial charge in [0.2, 0.25) is 0 Å². The molecule has 0 spiro atoms. The molecule has 29 heavy (non-hydrogen) atoms. The maximum atomic E-state index is 12.7. The van der Waals surface area contributed by atoms with Crippen LogP contribution in [0.2, 0.25) is 0 Å². The molecule has 2 amide bonds. The van der Waals surface area contributed by atoms with E-state index >= 15 is 0 Å².